The molecule has 0 spiro atoms. The molecule has 0 unspecified atom stereocenters. The van der Waals surface area contributed by atoms with Crippen LogP contribution in [0.25, 0.3) is 43.8 Å². The molecule has 0 bridgehead atoms. The van der Waals surface area contributed by atoms with Crippen molar-refractivity contribution in [3.63, 3.8) is 0 Å². The highest BCUT2D eigenvalue weighted by Gasteiger charge is 2.24. The molecule has 0 aliphatic heterocycles. The minimum atomic E-state index is 0.763. The normalized spacial score (nSPS) is 12.9. The van der Waals surface area contributed by atoms with Gasteiger partial charge in [-0.2, -0.15) is 4.57 Å². The fourth-order valence-corrected chi connectivity index (χ4v) is 7.57. The molecule has 8 rings (SSSR count). The SMILES string of the molecule is Nc1ccc2c(c1)c(-c1ccccc1)[n+](CCCCCn1cc(CCNc3c4c(nc5ccccc35)CCCC4)nn1)c1cc(N)ccc21. The van der Waals surface area contributed by atoms with E-state index in [0.717, 1.165) is 91.6 Å². The zero-order chi connectivity index (χ0) is 33.2. The van der Waals surface area contributed by atoms with Crippen LogP contribution in [0.2, 0.25) is 0 Å². The smallest absolute Gasteiger partial charge is 0.220 e. The van der Waals surface area contributed by atoms with Gasteiger partial charge in [0.1, 0.15) is 6.54 Å². The van der Waals surface area contributed by atoms with E-state index in [1.54, 1.807) is 0 Å². The predicted octanol–water partition coefficient (Wildman–Crippen LogP) is 7.66. The van der Waals surface area contributed by atoms with Gasteiger partial charge in [-0.1, -0.05) is 47.7 Å². The monoisotopic (exact) mass is 647 g/mol. The summed E-state index contributed by atoms with van der Waals surface area (Å²) < 4.78 is 4.43. The van der Waals surface area contributed by atoms with E-state index in [0.29, 0.717) is 0 Å². The number of nitrogens with zero attached hydrogens (tertiary/aromatic N) is 5. The van der Waals surface area contributed by atoms with Gasteiger partial charge in [0, 0.05) is 77.3 Å². The Balaban J connectivity index is 0.933. The van der Waals surface area contributed by atoms with Crippen LogP contribution < -0.4 is 21.4 Å². The minimum absolute atomic E-state index is 0.763. The van der Waals surface area contributed by atoms with Gasteiger partial charge in [0.25, 0.3) is 0 Å². The van der Waals surface area contributed by atoms with Crippen LogP contribution in [0.4, 0.5) is 17.1 Å². The second kappa shape index (κ2) is 13.5. The van der Waals surface area contributed by atoms with Gasteiger partial charge in [-0.15, -0.1) is 5.10 Å². The number of fused-ring (bicyclic) bond motifs is 5. The van der Waals surface area contributed by atoms with E-state index < -0.39 is 0 Å². The highest BCUT2D eigenvalue weighted by atomic mass is 15.4. The lowest BCUT2D eigenvalue weighted by molar-refractivity contribution is -0.659. The van der Waals surface area contributed by atoms with Crippen LogP contribution in [-0.4, -0.2) is 26.5 Å². The number of hydrogen-bond acceptors (Lipinski definition) is 6. The van der Waals surface area contributed by atoms with Crippen molar-refractivity contribution in [2.45, 2.75) is 64.5 Å². The second-order valence-corrected chi connectivity index (χ2v) is 13.3. The third kappa shape index (κ3) is 6.26. The summed E-state index contributed by atoms with van der Waals surface area (Å²) >= 11 is 0. The van der Waals surface area contributed by atoms with Gasteiger partial charge in [0.05, 0.1) is 22.0 Å². The van der Waals surface area contributed by atoms with Crippen molar-refractivity contribution in [1.29, 1.82) is 0 Å². The lowest BCUT2D eigenvalue weighted by Gasteiger charge is -2.21. The molecule has 8 nitrogen and oxygen atoms in total. The van der Waals surface area contributed by atoms with Crippen molar-refractivity contribution in [3.05, 3.63) is 114 Å². The van der Waals surface area contributed by atoms with Crippen molar-refractivity contribution in [2.75, 3.05) is 23.3 Å². The van der Waals surface area contributed by atoms with Crippen LogP contribution in [0.1, 0.15) is 49.1 Å². The molecule has 0 saturated carbocycles. The van der Waals surface area contributed by atoms with Gasteiger partial charge < -0.3 is 16.8 Å². The number of nitrogens with one attached hydrogen (secondary N) is 1. The molecule has 3 aromatic heterocycles. The summed E-state index contributed by atoms with van der Waals surface area (Å²) in [5.74, 6) is 0. The van der Waals surface area contributed by atoms with Gasteiger partial charge in [-0.25, -0.2) is 0 Å². The first-order chi connectivity index (χ1) is 24.1. The topological polar surface area (TPSA) is 112 Å². The fraction of sp³-hybridized carbons (Fsp3) is 0.268. The molecule has 0 atom stereocenters. The maximum absolute atomic E-state index is 6.35. The molecule has 0 saturated heterocycles. The first-order valence-corrected chi connectivity index (χ1v) is 17.7. The molecule has 1 aliphatic rings. The van der Waals surface area contributed by atoms with Crippen molar-refractivity contribution < 1.29 is 4.57 Å². The van der Waals surface area contributed by atoms with Crippen LogP contribution in [-0.2, 0) is 32.4 Å². The number of nitrogen functional groups attached to an aromatic ring is 2. The number of para-hydroxylation sites is 1. The number of nitrogens with two attached hydrogens (primary N) is 2. The Morgan fingerprint density at radius 3 is 2.45 bits per heavy atom. The number of hydrogen-bond donors (Lipinski definition) is 3. The Hall–Kier alpha value is -5.50. The molecule has 7 aromatic rings. The van der Waals surface area contributed by atoms with Crippen molar-refractivity contribution in [2.24, 2.45) is 0 Å². The van der Waals surface area contributed by atoms with Crippen LogP contribution >= 0.6 is 0 Å². The summed E-state index contributed by atoms with van der Waals surface area (Å²) in [6.45, 7) is 2.54. The van der Waals surface area contributed by atoms with Crippen molar-refractivity contribution >= 4 is 49.6 Å². The van der Waals surface area contributed by atoms with Gasteiger partial charge >= 0.3 is 0 Å². The molecule has 0 radical (unpaired) electrons. The first kappa shape index (κ1) is 30.8. The molecule has 49 heavy (non-hydrogen) atoms. The molecule has 5 N–H and O–H groups in total. The predicted molar refractivity (Wildman–Crippen MR) is 200 cm³/mol. The van der Waals surface area contributed by atoms with Crippen LogP contribution in [0.5, 0.6) is 0 Å². The zero-order valence-electron chi connectivity index (χ0n) is 27.9. The minimum Gasteiger partial charge on any atom is -0.399 e. The maximum Gasteiger partial charge on any atom is 0.220 e. The number of pyridine rings is 2. The molecule has 1 aliphatic carbocycles. The van der Waals surface area contributed by atoms with E-state index in [1.165, 1.54) is 57.2 Å². The van der Waals surface area contributed by atoms with Crippen LogP contribution in [0, 0.1) is 0 Å². The number of aromatic nitrogens is 5. The number of benzene rings is 4. The van der Waals surface area contributed by atoms with Crippen molar-refractivity contribution in [3.8, 4) is 11.3 Å². The largest absolute Gasteiger partial charge is 0.399 e. The summed E-state index contributed by atoms with van der Waals surface area (Å²) in [6.07, 6.45) is 10.7. The quantitative estimate of drug-likeness (QED) is 0.0576. The maximum atomic E-state index is 6.35. The molecular formula is C41H43N8+. The summed E-state index contributed by atoms with van der Waals surface area (Å²) in [5.41, 5.74) is 23.7. The van der Waals surface area contributed by atoms with Crippen LogP contribution in [0.15, 0.2) is 97.2 Å². The lowest BCUT2D eigenvalue weighted by Crippen LogP contribution is -2.37. The Bertz CT molecular complexity index is 2270. The molecule has 0 amide bonds. The summed E-state index contributed by atoms with van der Waals surface area (Å²) in [5, 5.41) is 17.5. The standard InChI is InChI=1S/C41H42N8/c42-29-17-19-32-33-20-18-30(43)26-39(33)49(41(36(32)25-29)28-11-3-1-4-12-28)24-10-2-9-23-48-27-31(46-47-48)21-22-44-40-34-13-5-7-15-37(34)45-38-16-8-6-14-35(38)40/h1,3-5,7,11-13,15,17-20,25-27,43H,2,6,8-10,14,16,21-24,42H2,(H,44,45)/p+1. The van der Waals surface area contributed by atoms with Gasteiger partial charge in [-0.05, 0) is 86.6 Å². The highest BCUT2D eigenvalue weighted by molar-refractivity contribution is 6.10. The molecule has 4 aromatic carbocycles. The summed E-state index contributed by atoms with van der Waals surface area (Å²) in [4.78, 5) is 4.98. The average molecular weight is 648 g/mol. The Morgan fingerprint density at radius 1 is 0.755 bits per heavy atom. The van der Waals surface area contributed by atoms with E-state index in [2.05, 4.69) is 105 Å². The number of anilines is 3. The molecule has 246 valence electrons. The van der Waals surface area contributed by atoms with Crippen LogP contribution in [0.3, 0.4) is 0 Å². The highest BCUT2D eigenvalue weighted by Crippen LogP contribution is 2.35. The molecule has 3 heterocycles. The average Bonchev–Trinajstić information content (AvgIpc) is 3.58. The van der Waals surface area contributed by atoms with Gasteiger partial charge in [0.2, 0.25) is 11.2 Å². The molecule has 0 fully saturated rings. The second-order valence-electron chi connectivity index (χ2n) is 13.3. The lowest BCUT2D eigenvalue weighted by atomic mass is 9.92. The summed E-state index contributed by atoms with van der Waals surface area (Å²) in [7, 11) is 0. The Morgan fingerprint density at radius 2 is 1.55 bits per heavy atom. The van der Waals surface area contributed by atoms with E-state index in [1.807, 2.05) is 16.8 Å². The zero-order valence-corrected chi connectivity index (χ0v) is 27.9. The Labute approximate surface area is 286 Å². The van der Waals surface area contributed by atoms with E-state index in [9.17, 15) is 0 Å². The summed E-state index contributed by atoms with van der Waals surface area (Å²) in [6, 6.07) is 31.6. The van der Waals surface area contributed by atoms with E-state index >= 15 is 0 Å². The van der Waals surface area contributed by atoms with E-state index in [4.69, 9.17) is 16.5 Å². The van der Waals surface area contributed by atoms with Gasteiger partial charge in [-0.3, -0.25) is 9.67 Å². The van der Waals surface area contributed by atoms with E-state index in [-0.39, 0.29) is 0 Å². The Kier molecular flexibility index (Phi) is 8.52. The number of aryl methyl sites for hydroxylation is 3. The number of rotatable bonds is 11. The first-order valence-electron chi connectivity index (χ1n) is 17.7. The van der Waals surface area contributed by atoms with Crippen molar-refractivity contribution in [1.82, 2.24) is 20.0 Å². The molecule has 8 heteroatoms. The fourth-order valence-electron chi connectivity index (χ4n) is 7.57. The number of unbranched alkanes of at least 4 members (excludes halogenated alkanes) is 2. The third-order valence-electron chi connectivity index (χ3n) is 9.93. The third-order valence-corrected chi connectivity index (χ3v) is 9.93. The van der Waals surface area contributed by atoms with Gasteiger partial charge in [0.15, 0.2) is 0 Å². The molecular weight excluding hydrogens is 605 g/mol.